The average molecular weight is 314 g/mol. The molecule has 2 aromatic heterocycles. The molecule has 1 saturated carbocycles. The number of aryl methyl sites for hydroxylation is 1. The molecule has 0 unspecified atom stereocenters. The maximum atomic E-state index is 12.4. The van der Waals surface area contributed by atoms with Gasteiger partial charge in [-0.15, -0.1) is 0 Å². The fraction of sp³-hybridized carbons (Fsp3) is 0.375. The van der Waals surface area contributed by atoms with E-state index in [9.17, 15) is 14.7 Å². The van der Waals surface area contributed by atoms with Crippen molar-refractivity contribution >= 4 is 5.91 Å². The van der Waals surface area contributed by atoms with Gasteiger partial charge in [-0.2, -0.15) is 5.10 Å². The van der Waals surface area contributed by atoms with E-state index in [2.05, 4.69) is 15.4 Å². The lowest BCUT2D eigenvalue weighted by Crippen LogP contribution is -2.42. The summed E-state index contributed by atoms with van der Waals surface area (Å²) in [6.07, 6.45) is 2.61. The van der Waals surface area contributed by atoms with Crippen molar-refractivity contribution in [1.82, 2.24) is 20.1 Å². The first-order valence-electron chi connectivity index (χ1n) is 7.49. The highest BCUT2D eigenvalue weighted by atomic mass is 16.3. The summed E-state index contributed by atoms with van der Waals surface area (Å²) in [4.78, 5) is 28.1. The molecule has 2 heterocycles. The number of hydrogen-bond acceptors (Lipinski definition) is 5. The first kappa shape index (κ1) is 15.4. The molecule has 0 aliphatic heterocycles. The summed E-state index contributed by atoms with van der Waals surface area (Å²) in [6, 6.07) is 7.96. The van der Waals surface area contributed by atoms with Crippen LogP contribution in [0.2, 0.25) is 0 Å². The molecule has 1 amide bonds. The van der Waals surface area contributed by atoms with Crippen molar-refractivity contribution in [3.63, 3.8) is 0 Å². The van der Waals surface area contributed by atoms with E-state index in [0.717, 1.165) is 10.4 Å². The summed E-state index contributed by atoms with van der Waals surface area (Å²) in [6.45, 7) is 0. The molecule has 120 valence electrons. The maximum Gasteiger partial charge on any atom is 0.272 e. The lowest BCUT2D eigenvalue weighted by atomic mass is 9.76. The van der Waals surface area contributed by atoms with E-state index in [-0.39, 0.29) is 35.2 Å². The Morgan fingerprint density at radius 3 is 2.74 bits per heavy atom. The highest BCUT2D eigenvalue weighted by Gasteiger charge is 2.36. The van der Waals surface area contributed by atoms with Crippen LogP contribution < -0.4 is 10.9 Å². The minimum Gasteiger partial charge on any atom is -0.393 e. The molecule has 7 heteroatoms. The number of nitrogens with one attached hydrogen (secondary N) is 1. The number of nitrogens with zero attached hydrogens (tertiary/aromatic N) is 3. The van der Waals surface area contributed by atoms with Crippen molar-refractivity contribution in [3.05, 3.63) is 58.3 Å². The van der Waals surface area contributed by atoms with Gasteiger partial charge in [-0.1, -0.05) is 6.07 Å². The monoisotopic (exact) mass is 314 g/mol. The second kappa shape index (κ2) is 6.29. The molecule has 7 nitrogen and oxygen atoms in total. The van der Waals surface area contributed by atoms with Gasteiger partial charge in [-0.05, 0) is 37.0 Å². The zero-order chi connectivity index (χ0) is 16.4. The third kappa shape index (κ3) is 3.29. The third-order valence-corrected chi connectivity index (χ3v) is 4.11. The van der Waals surface area contributed by atoms with Gasteiger partial charge < -0.3 is 10.4 Å². The Morgan fingerprint density at radius 1 is 1.35 bits per heavy atom. The van der Waals surface area contributed by atoms with Crippen molar-refractivity contribution in [1.29, 1.82) is 0 Å². The number of aliphatic hydroxyl groups is 1. The van der Waals surface area contributed by atoms with Crippen LogP contribution in [0.25, 0.3) is 0 Å². The highest BCUT2D eigenvalue weighted by Crippen LogP contribution is 2.37. The number of rotatable bonds is 4. The maximum absolute atomic E-state index is 12.4. The molecule has 0 aromatic carbocycles. The van der Waals surface area contributed by atoms with Crippen LogP contribution in [-0.4, -0.2) is 31.9 Å². The number of pyridine rings is 1. The van der Waals surface area contributed by atoms with Crippen LogP contribution in [0.3, 0.4) is 0 Å². The van der Waals surface area contributed by atoms with Gasteiger partial charge in [-0.3, -0.25) is 14.6 Å². The lowest BCUT2D eigenvalue weighted by molar-refractivity contribution is 0.0227. The molecule has 2 N–H and O–H groups in total. The molecule has 1 fully saturated rings. The Labute approximate surface area is 133 Å². The second-order valence-electron chi connectivity index (χ2n) is 5.77. The number of hydrogen-bond donors (Lipinski definition) is 2. The van der Waals surface area contributed by atoms with E-state index in [1.54, 1.807) is 6.20 Å². The molecular formula is C16H18N4O3. The van der Waals surface area contributed by atoms with E-state index in [4.69, 9.17) is 0 Å². The summed E-state index contributed by atoms with van der Waals surface area (Å²) >= 11 is 0. The zero-order valence-corrected chi connectivity index (χ0v) is 12.7. The molecule has 0 bridgehead atoms. The predicted octanol–water partition coefficient (Wildman–Crippen LogP) is 0.417. The summed E-state index contributed by atoms with van der Waals surface area (Å²) < 4.78 is 1.12. The number of aliphatic hydroxyl groups excluding tert-OH is 1. The molecule has 2 aromatic rings. The van der Waals surface area contributed by atoms with Crippen LogP contribution in [0.5, 0.6) is 0 Å². The summed E-state index contributed by atoms with van der Waals surface area (Å²) in [7, 11) is 1.50. The summed E-state index contributed by atoms with van der Waals surface area (Å²) in [5, 5.41) is 16.4. The molecular weight excluding hydrogens is 296 g/mol. The van der Waals surface area contributed by atoms with Crippen molar-refractivity contribution in [2.75, 3.05) is 0 Å². The molecule has 1 aliphatic carbocycles. The van der Waals surface area contributed by atoms with Gasteiger partial charge in [0, 0.05) is 19.3 Å². The molecule has 1 aliphatic rings. The van der Waals surface area contributed by atoms with Crippen molar-refractivity contribution in [3.8, 4) is 0 Å². The SMILES string of the molecule is Cn1nc(C(=O)N[C@@H](c2ccccn2)C2CC(O)C2)ccc1=O. The number of aromatic nitrogens is 3. The van der Waals surface area contributed by atoms with Crippen molar-refractivity contribution < 1.29 is 9.90 Å². The van der Waals surface area contributed by atoms with Crippen LogP contribution >= 0.6 is 0 Å². The van der Waals surface area contributed by atoms with Crippen LogP contribution in [0.4, 0.5) is 0 Å². The van der Waals surface area contributed by atoms with Crippen LogP contribution in [-0.2, 0) is 7.05 Å². The smallest absolute Gasteiger partial charge is 0.272 e. The Hall–Kier alpha value is -2.54. The van der Waals surface area contributed by atoms with E-state index in [1.165, 1.54) is 19.2 Å². The Morgan fingerprint density at radius 2 is 2.13 bits per heavy atom. The van der Waals surface area contributed by atoms with Crippen molar-refractivity contribution in [2.24, 2.45) is 13.0 Å². The van der Waals surface area contributed by atoms with E-state index >= 15 is 0 Å². The van der Waals surface area contributed by atoms with Gasteiger partial charge in [0.2, 0.25) is 0 Å². The second-order valence-corrected chi connectivity index (χ2v) is 5.77. The number of carbonyl (C=O) groups excluding carboxylic acids is 1. The molecule has 0 spiro atoms. The van der Waals surface area contributed by atoms with Gasteiger partial charge in [-0.25, -0.2) is 4.68 Å². The molecule has 3 rings (SSSR count). The quantitative estimate of drug-likeness (QED) is 0.852. The van der Waals surface area contributed by atoms with E-state index in [0.29, 0.717) is 12.8 Å². The highest BCUT2D eigenvalue weighted by molar-refractivity contribution is 5.92. The fourth-order valence-corrected chi connectivity index (χ4v) is 2.73. The van der Waals surface area contributed by atoms with Crippen molar-refractivity contribution in [2.45, 2.75) is 25.0 Å². The van der Waals surface area contributed by atoms with Gasteiger partial charge in [0.25, 0.3) is 11.5 Å². The zero-order valence-electron chi connectivity index (χ0n) is 12.7. The third-order valence-electron chi connectivity index (χ3n) is 4.11. The topological polar surface area (TPSA) is 97.1 Å². The van der Waals surface area contributed by atoms with Crippen LogP contribution in [0.1, 0.15) is 35.1 Å². The fourth-order valence-electron chi connectivity index (χ4n) is 2.73. The predicted molar refractivity (Wildman–Crippen MR) is 82.7 cm³/mol. The van der Waals surface area contributed by atoms with Crippen LogP contribution in [0, 0.1) is 5.92 Å². The molecule has 0 radical (unpaired) electrons. The molecule has 0 saturated heterocycles. The Balaban J connectivity index is 1.82. The van der Waals surface area contributed by atoms with Gasteiger partial charge in [0.15, 0.2) is 0 Å². The molecule has 23 heavy (non-hydrogen) atoms. The normalized spacial score (nSPS) is 21.3. The largest absolute Gasteiger partial charge is 0.393 e. The van der Waals surface area contributed by atoms with Gasteiger partial charge in [0.1, 0.15) is 5.69 Å². The minimum atomic E-state index is -0.363. The summed E-state index contributed by atoms with van der Waals surface area (Å²) in [5.41, 5.74) is 0.653. The van der Waals surface area contributed by atoms with E-state index < -0.39 is 0 Å². The number of amides is 1. The summed E-state index contributed by atoms with van der Waals surface area (Å²) in [5.74, 6) is -0.228. The average Bonchev–Trinajstić information content (AvgIpc) is 2.53. The van der Waals surface area contributed by atoms with E-state index in [1.807, 2.05) is 18.2 Å². The lowest BCUT2D eigenvalue weighted by Gasteiger charge is -2.37. The Bertz CT molecular complexity index is 753. The first-order chi connectivity index (χ1) is 11.0. The van der Waals surface area contributed by atoms with Gasteiger partial charge >= 0.3 is 0 Å². The molecule has 1 atom stereocenters. The minimum absolute atomic E-state index is 0.136. The Kier molecular flexibility index (Phi) is 4.20. The standard InChI is InChI=1S/C16H18N4O3/c1-20-14(22)6-5-13(19-20)16(23)18-15(10-8-11(21)9-10)12-4-2-3-7-17-12/h2-7,10-11,15,21H,8-9H2,1H3,(H,18,23)/t10?,11?,15-/m1/s1. The first-order valence-corrected chi connectivity index (χ1v) is 7.49. The van der Waals surface area contributed by atoms with Crippen LogP contribution in [0.15, 0.2) is 41.3 Å². The number of carbonyl (C=O) groups is 1. The van der Waals surface area contributed by atoms with Gasteiger partial charge in [0.05, 0.1) is 17.8 Å².